The molecule has 2 fully saturated rings. The number of fused-ring (bicyclic) bond motifs is 2. The summed E-state index contributed by atoms with van der Waals surface area (Å²) in [6.45, 7) is 1.78. The number of carbonyl (C=O) groups excluding carboxylic acids is 2. The van der Waals surface area contributed by atoms with Crippen molar-refractivity contribution in [3.05, 3.63) is 64.7 Å². The Morgan fingerprint density at radius 2 is 1.83 bits per heavy atom. The summed E-state index contributed by atoms with van der Waals surface area (Å²) in [5.41, 5.74) is 4.28. The van der Waals surface area contributed by atoms with Crippen LogP contribution in [-0.4, -0.2) is 51.5 Å². The topological polar surface area (TPSA) is 70.1 Å². The van der Waals surface area contributed by atoms with Crippen molar-refractivity contribution < 1.29 is 19.4 Å². The van der Waals surface area contributed by atoms with Gasteiger partial charge < -0.3 is 19.6 Å². The lowest BCUT2D eigenvalue weighted by Gasteiger charge is -2.56. The van der Waals surface area contributed by atoms with Gasteiger partial charge in [0.25, 0.3) is 0 Å². The van der Waals surface area contributed by atoms with Gasteiger partial charge in [-0.1, -0.05) is 49.6 Å². The van der Waals surface area contributed by atoms with Gasteiger partial charge in [0.05, 0.1) is 19.1 Å². The maximum absolute atomic E-state index is 14.0. The smallest absolute Gasteiger partial charge is 0.246 e. The molecule has 1 N–H and O–H groups in total. The number of phenols is 1. The summed E-state index contributed by atoms with van der Waals surface area (Å²) in [5.74, 6) is 0.238. The van der Waals surface area contributed by atoms with Crippen LogP contribution in [0.5, 0.6) is 5.75 Å². The fraction of sp³-hybridized carbons (Fsp3) is 0.517. The first kappa shape index (κ1) is 22.6. The SMILES string of the molecule is O=C(C[C@H]1OCCc2ccccc21)N1Cc2ccc(O)cc2C[C@@H]1C(=O)N1CCC12CCCCC2. The van der Waals surface area contributed by atoms with Crippen LogP contribution in [0.15, 0.2) is 42.5 Å². The number of hydrogen-bond donors (Lipinski definition) is 1. The number of likely N-dealkylation sites (tertiary alicyclic amines) is 1. The predicted molar refractivity (Wildman–Crippen MR) is 132 cm³/mol. The summed E-state index contributed by atoms with van der Waals surface area (Å²) in [6.07, 6.45) is 8.07. The Labute approximate surface area is 206 Å². The molecule has 2 amide bonds. The highest BCUT2D eigenvalue weighted by Crippen LogP contribution is 2.44. The lowest BCUT2D eigenvalue weighted by molar-refractivity contribution is -0.162. The summed E-state index contributed by atoms with van der Waals surface area (Å²) in [5, 5.41) is 10.1. The zero-order valence-corrected chi connectivity index (χ0v) is 20.2. The molecule has 6 heteroatoms. The third-order valence-corrected chi connectivity index (χ3v) is 8.80. The number of phenolic OH excluding ortho intramolecular Hbond substituents is 1. The van der Waals surface area contributed by atoms with Crippen LogP contribution in [0.3, 0.4) is 0 Å². The molecule has 6 nitrogen and oxygen atoms in total. The van der Waals surface area contributed by atoms with Crippen molar-refractivity contribution in [2.45, 2.75) is 82.0 Å². The van der Waals surface area contributed by atoms with E-state index in [0.29, 0.717) is 19.6 Å². The molecule has 0 aromatic heterocycles. The Morgan fingerprint density at radius 3 is 2.63 bits per heavy atom. The van der Waals surface area contributed by atoms with Crippen molar-refractivity contribution in [2.24, 2.45) is 0 Å². The fourth-order valence-corrected chi connectivity index (χ4v) is 6.77. The first-order valence-corrected chi connectivity index (χ1v) is 13.2. The van der Waals surface area contributed by atoms with Crippen LogP contribution >= 0.6 is 0 Å². The van der Waals surface area contributed by atoms with Gasteiger partial charge in [0, 0.05) is 25.0 Å². The molecule has 0 bridgehead atoms. The Bertz CT molecular complexity index is 1140. The van der Waals surface area contributed by atoms with Crippen LogP contribution in [0, 0.1) is 0 Å². The standard InChI is InChI=1S/C29H34N2O4/c32-23-9-8-21-19-30(27(33)18-26-24-7-3-2-6-20(24)10-15-35-26)25(17-22(21)16-23)28(34)31-14-13-29(31)11-4-1-5-12-29/h2-3,6-9,16,25-26,32H,1,4-5,10-15,17-19H2/t25-,26-/m1/s1. The molecule has 1 saturated carbocycles. The molecule has 184 valence electrons. The summed E-state index contributed by atoms with van der Waals surface area (Å²) in [4.78, 5) is 31.7. The van der Waals surface area contributed by atoms with E-state index >= 15 is 0 Å². The number of carbonyl (C=O) groups is 2. The normalized spacial score (nSPS) is 24.9. The van der Waals surface area contributed by atoms with Crippen molar-refractivity contribution in [3.63, 3.8) is 0 Å². The minimum Gasteiger partial charge on any atom is -0.508 e. The number of rotatable bonds is 3. The first-order valence-electron chi connectivity index (χ1n) is 13.2. The van der Waals surface area contributed by atoms with E-state index < -0.39 is 6.04 Å². The molecule has 4 aliphatic rings. The number of ether oxygens (including phenoxy) is 1. The molecule has 1 saturated heterocycles. The van der Waals surface area contributed by atoms with Gasteiger partial charge in [0.1, 0.15) is 11.8 Å². The third-order valence-electron chi connectivity index (χ3n) is 8.80. The van der Waals surface area contributed by atoms with Crippen LogP contribution in [0.4, 0.5) is 0 Å². The van der Waals surface area contributed by atoms with Crippen molar-refractivity contribution in [2.75, 3.05) is 13.2 Å². The van der Waals surface area contributed by atoms with Crippen molar-refractivity contribution in [1.82, 2.24) is 9.80 Å². The summed E-state index contributed by atoms with van der Waals surface area (Å²) in [6, 6.07) is 13.0. The van der Waals surface area contributed by atoms with Gasteiger partial charge in [0.2, 0.25) is 11.8 Å². The second kappa shape index (κ2) is 8.98. The van der Waals surface area contributed by atoms with Crippen molar-refractivity contribution >= 4 is 11.8 Å². The summed E-state index contributed by atoms with van der Waals surface area (Å²) >= 11 is 0. The molecule has 1 aliphatic carbocycles. The average molecular weight is 475 g/mol. The molecule has 6 rings (SSSR count). The lowest BCUT2D eigenvalue weighted by Crippen LogP contribution is -2.67. The second-order valence-electron chi connectivity index (χ2n) is 10.7. The van der Waals surface area contributed by atoms with Crippen LogP contribution in [0.2, 0.25) is 0 Å². The van der Waals surface area contributed by atoms with Crippen LogP contribution < -0.4 is 0 Å². The molecular formula is C29H34N2O4. The van der Waals surface area contributed by atoms with E-state index in [1.807, 2.05) is 18.2 Å². The number of amides is 2. The summed E-state index contributed by atoms with van der Waals surface area (Å²) in [7, 11) is 0. The molecule has 2 aromatic carbocycles. The lowest BCUT2D eigenvalue weighted by atomic mass is 9.72. The minimum atomic E-state index is -0.533. The molecule has 35 heavy (non-hydrogen) atoms. The van der Waals surface area contributed by atoms with E-state index in [-0.39, 0.29) is 35.6 Å². The van der Waals surface area contributed by atoms with Gasteiger partial charge in [0.15, 0.2) is 0 Å². The highest BCUT2D eigenvalue weighted by Gasteiger charge is 2.50. The van der Waals surface area contributed by atoms with E-state index in [2.05, 4.69) is 17.0 Å². The number of hydrogen-bond acceptors (Lipinski definition) is 4. The molecule has 2 atom stereocenters. The Kier molecular flexibility index (Phi) is 5.79. The number of aromatic hydroxyl groups is 1. The average Bonchev–Trinajstić information content (AvgIpc) is 2.88. The Balaban J connectivity index is 1.28. The first-order chi connectivity index (χ1) is 17.0. The molecule has 0 unspecified atom stereocenters. The monoisotopic (exact) mass is 474 g/mol. The van der Waals surface area contributed by atoms with E-state index in [1.165, 1.54) is 24.8 Å². The Hall–Kier alpha value is -2.86. The van der Waals surface area contributed by atoms with Gasteiger partial charge in [-0.05, 0) is 60.1 Å². The highest BCUT2D eigenvalue weighted by atomic mass is 16.5. The van der Waals surface area contributed by atoms with E-state index in [0.717, 1.165) is 48.9 Å². The molecule has 0 radical (unpaired) electrons. The van der Waals surface area contributed by atoms with E-state index in [9.17, 15) is 14.7 Å². The fourth-order valence-electron chi connectivity index (χ4n) is 6.77. The zero-order chi connectivity index (χ0) is 24.0. The summed E-state index contributed by atoms with van der Waals surface area (Å²) < 4.78 is 6.04. The van der Waals surface area contributed by atoms with Gasteiger partial charge >= 0.3 is 0 Å². The highest BCUT2D eigenvalue weighted by molar-refractivity contribution is 5.90. The van der Waals surface area contributed by atoms with Gasteiger partial charge in [-0.2, -0.15) is 0 Å². The quantitative estimate of drug-likeness (QED) is 0.721. The van der Waals surface area contributed by atoms with Gasteiger partial charge in [-0.15, -0.1) is 0 Å². The van der Waals surface area contributed by atoms with Gasteiger partial charge in [-0.3, -0.25) is 9.59 Å². The van der Waals surface area contributed by atoms with Crippen molar-refractivity contribution in [1.29, 1.82) is 0 Å². The van der Waals surface area contributed by atoms with Crippen LogP contribution in [0.1, 0.15) is 73.3 Å². The zero-order valence-electron chi connectivity index (χ0n) is 20.2. The minimum absolute atomic E-state index is 0.00538. The predicted octanol–water partition coefficient (Wildman–Crippen LogP) is 4.28. The van der Waals surface area contributed by atoms with E-state index in [1.54, 1.807) is 17.0 Å². The molecule has 2 aromatic rings. The molecule has 3 aliphatic heterocycles. The van der Waals surface area contributed by atoms with Crippen LogP contribution in [0.25, 0.3) is 0 Å². The van der Waals surface area contributed by atoms with Crippen LogP contribution in [-0.2, 0) is 33.7 Å². The number of benzene rings is 2. The number of nitrogens with zero attached hydrogens (tertiary/aromatic N) is 2. The molecular weight excluding hydrogens is 440 g/mol. The third kappa shape index (κ3) is 4.02. The second-order valence-corrected chi connectivity index (χ2v) is 10.7. The van der Waals surface area contributed by atoms with Crippen molar-refractivity contribution in [3.8, 4) is 5.75 Å². The molecule has 1 spiro atoms. The maximum atomic E-state index is 14.0. The van der Waals surface area contributed by atoms with Gasteiger partial charge in [-0.25, -0.2) is 0 Å². The molecule has 3 heterocycles. The maximum Gasteiger partial charge on any atom is 0.246 e. The largest absolute Gasteiger partial charge is 0.508 e. The van der Waals surface area contributed by atoms with E-state index in [4.69, 9.17) is 4.74 Å². The Morgan fingerprint density at radius 1 is 1.00 bits per heavy atom.